The number of para-hydroxylation sites is 1. The number of hydrogen-bond acceptors (Lipinski definition) is 4. The first-order chi connectivity index (χ1) is 9.08. The first-order valence-corrected chi connectivity index (χ1v) is 6.62. The molecule has 1 unspecified atom stereocenters. The van der Waals surface area contributed by atoms with Crippen molar-refractivity contribution in [2.24, 2.45) is 0 Å². The third-order valence-corrected chi connectivity index (χ3v) is 3.52. The molecule has 0 spiro atoms. The first kappa shape index (κ1) is 17.1. The molecule has 2 aromatic rings. The summed E-state index contributed by atoms with van der Waals surface area (Å²) in [6.45, 7) is 0. The van der Waals surface area contributed by atoms with Crippen LogP contribution in [0.5, 0.6) is 5.75 Å². The summed E-state index contributed by atoms with van der Waals surface area (Å²) in [5.74, 6) is 0.415. The number of rotatable bonds is 4. The molecular weight excluding hydrogens is 313 g/mol. The van der Waals surface area contributed by atoms with Crippen molar-refractivity contribution in [3.05, 3.63) is 63.7 Å². The van der Waals surface area contributed by atoms with Gasteiger partial charge in [0, 0.05) is 6.07 Å². The van der Waals surface area contributed by atoms with E-state index in [0.29, 0.717) is 5.75 Å². The predicted octanol–water partition coefficient (Wildman–Crippen LogP) is 0.466. The molecule has 0 radical (unpaired) electrons. The number of nitro groups is 1. The summed E-state index contributed by atoms with van der Waals surface area (Å²) >= 11 is 3.84. The fraction of sp³-hybridized carbons (Fsp3) is 0. The van der Waals surface area contributed by atoms with Crippen LogP contribution in [0.3, 0.4) is 0 Å². The van der Waals surface area contributed by atoms with E-state index in [-0.39, 0.29) is 46.6 Å². The fourth-order valence-corrected chi connectivity index (χ4v) is 2.30. The Hall–Kier alpha value is -0.920. The minimum absolute atomic E-state index is 0. The number of hydrogen-bond donors (Lipinski definition) is 0. The monoisotopic (exact) mass is 321 g/mol. The molecule has 0 N–H and O–H groups in total. The molecule has 0 amide bonds. The molecule has 0 fully saturated rings. The summed E-state index contributed by atoms with van der Waals surface area (Å²) in [5.41, 5.74) is -0.302. The molecule has 0 bridgehead atoms. The van der Waals surface area contributed by atoms with Gasteiger partial charge in [-0.15, -0.1) is 0 Å². The van der Waals surface area contributed by atoms with Crippen LogP contribution in [0.25, 0.3) is 0 Å². The van der Waals surface area contributed by atoms with Crippen molar-refractivity contribution < 1.29 is 44.3 Å². The third-order valence-electron chi connectivity index (χ3n) is 2.22. The van der Waals surface area contributed by atoms with Crippen LogP contribution in [0, 0.1) is 10.1 Å². The van der Waals surface area contributed by atoms with E-state index in [0.717, 1.165) is 6.07 Å². The Balaban J connectivity index is 0.00000200. The molecule has 0 saturated heterocycles. The van der Waals surface area contributed by atoms with Crippen LogP contribution in [-0.4, -0.2) is 9.13 Å². The second-order valence-electron chi connectivity index (χ2n) is 3.50. The molecule has 2 aromatic carbocycles. The van der Waals surface area contributed by atoms with Gasteiger partial charge in [-0.3, -0.25) is 10.1 Å². The minimum atomic E-state index is -1.83. The SMILES string of the molecule is O=[N+]([O-])c1cc(S(=O)Oc2ccccc2)ccc1Cl.[H-].[Na+]. The van der Waals surface area contributed by atoms with Gasteiger partial charge in [-0.2, -0.15) is 0 Å². The van der Waals surface area contributed by atoms with Gasteiger partial charge in [0.2, 0.25) is 11.1 Å². The Kier molecular flexibility index (Phi) is 6.64. The quantitative estimate of drug-likeness (QED) is 0.466. The molecule has 0 heterocycles. The standard InChI is InChI=1S/C12H8ClNO4S.Na.H/c13-11-7-6-10(8-12(11)14(15)16)19(17)18-9-4-2-1-3-5-9;;/h1-8H;;/q;+1;-1. The van der Waals surface area contributed by atoms with E-state index in [1.807, 2.05) is 0 Å². The van der Waals surface area contributed by atoms with Crippen molar-refractivity contribution in [1.82, 2.24) is 0 Å². The zero-order valence-corrected chi connectivity index (χ0v) is 14.1. The van der Waals surface area contributed by atoms with Crippen LogP contribution in [0.2, 0.25) is 5.02 Å². The smallest absolute Gasteiger partial charge is 1.00 e. The predicted molar refractivity (Wildman–Crippen MR) is 72.7 cm³/mol. The average molecular weight is 322 g/mol. The first-order valence-electron chi connectivity index (χ1n) is 5.17. The summed E-state index contributed by atoms with van der Waals surface area (Å²) in [7, 11) is 0. The van der Waals surface area contributed by atoms with Crippen molar-refractivity contribution >= 4 is 28.4 Å². The Morgan fingerprint density at radius 1 is 1.20 bits per heavy atom. The number of nitro benzene ring substituents is 1. The van der Waals surface area contributed by atoms with Gasteiger partial charge in [0.15, 0.2) is 0 Å². The summed E-state index contributed by atoms with van der Waals surface area (Å²) in [4.78, 5) is 10.3. The molecule has 0 aromatic heterocycles. The van der Waals surface area contributed by atoms with E-state index >= 15 is 0 Å². The maximum Gasteiger partial charge on any atom is 1.00 e. The Morgan fingerprint density at radius 2 is 1.85 bits per heavy atom. The number of halogens is 1. The summed E-state index contributed by atoms with van der Waals surface area (Å²) in [6.07, 6.45) is 0. The molecule has 0 saturated carbocycles. The van der Waals surface area contributed by atoms with Gasteiger partial charge >= 0.3 is 29.6 Å². The molecule has 8 heteroatoms. The Morgan fingerprint density at radius 3 is 2.45 bits per heavy atom. The molecule has 5 nitrogen and oxygen atoms in total. The van der Waals surface area contributed by atoms with Crippen molar-refractivity contribution in [2.45, 2.75) is 4.90 Å². The maximum atomic E-state index is 11.9. The van der Waals surface area contributed by atoms with E-state index in [1.54, 1.807) is 30.3 Å². The molecule has 100 valence electrons. The maximum absolute atomic E-state index is 11.9. The average Bonchev–Trinajstić information content (AvgIpc) is 2.40. The van der Waals surface area contributed by atoms with Gasteiger partial charge in [0.25, 0.3) is 5.69 Å². The van der Waals surface area contributed by atoms with Gasteiger partial charge in [-0.25, -0.2) is 4.21 Å². The number of nitrogens with zero attached hydrogens (tertiary/aromatic N) is 1. The normalized spacial score (nSPS) is 11.2. The van der Waals surface area contributed by atoms with Crippen LogP contribution in [0.15, 0.2) is 53.4 Å². The summed E-state index contributed by atoms with van der Waals surface area (Å²) < 4.78 is 17.1. The second kappa shape index (κ2) is 7.75. The molecule has 0 aliphatic heterocycles. The second-order valence-corrected chi connectivity index (χ2v) is 5.02. The van der Waals surface area contributed by atoms with Crippen molar-refractivity contribution in [3.63, 3.8) is 0 Å². The van der Waals surface area contributed by atoms with E-state index in [1.165, 1.54) is 12.1 Å². The molecule has 2 rings (SSSR count). The largest absolute Gasteiger partial charge is 1.00 e. The molecule has 1 atom stereocenters. The summed E-state index contributed by atoms with van der Waals surface area (Å²) in [6, 6.07) is 12.4. The van der Waals surface area contributed by atoms with Gasteiger partial charge in [-0.1, -0.05) is 29.8 Å². The van der Waals surface area contributed by atoms with Gasteiger partial charge < -0.3 is 5.61 Å². The van der Waals surface area contributed by atoms with Crippen LogP contribution < -0.4 is 33.7 Å². The third kappa shape index (κ3) is 4.29. The van der Waals surface area contributed by atoms with Crippen LogP contribution in [0.1, 0.15) is 1.43 Å². The Bertz CT molecular complexity index is 644. The molecular formula is C12H9ClNNaO4S. The van der Waals surface area contributed by atoms with Gasteiger partial charge in [0.05, 0.1) is 9.82 Å². The van der Waals surface area contributed by atoms with Crippen LogP contribution in [-0.2, 0) is 11.1 Å². The molecule has 0 aliphatic rings. The number of benzene rings is 2. The van der Waals surface area contributed by atoms with E-state index < -0.39 is 16.0 Å². The van der Waals surface area contributed by atoms with Crippen molar-refractivity contribution in [1.29, 1.82) is 0 Å². The van der Waals surface area contributed by atoms with Crippen molar-refractivity contribution in [3.8, 4) is 5.75 Å². The minimum Gasteiger partial charge on any atom is -1.00 e. The topological polar surface area (TPSA) is 69.4 Å². The fourth-order valence-electron chi connectivity index (χ4n) is 1.35. The summed E-state index contributed by atoms with van der Waals surface area (Å²) in [5, 5.41) is 10.7. The molecule has 20 heavy (non-hydrogen) atoms. The Labute approximate surface area is 146 Å². The van der Waals surface area contributed by atoms with Crippen LogP contribution >= 0.6 is 11.6 Å². The van der Waals surface area contributed by atoms with Crippen LogP contribution in [0.4, 0.5) is 5.69 Å². The van der Waals surface area contributed by atoms with E-state index in [2.05, 4.69) is 0 Å². The van der Waals surface area contributed by atoms with Crippen molar-refractivity contribution in [2.75, 3.05) is 0 Å². The van der Waals surface area contributed by atoms with E-state index in [4.69, 9.17) is 15.8 Å². The van der Waals surface area contributed by atoms with Gasteiger partial charge in [0.1, 0.15) is 10.8 Å². The van der Waals surface area contributed by atoms with Gasteiger partial charge in [-0.05, 0) is 24.3 Å². The zero-order valence-electron chi connectivity index (χ0n) is 11.5. The van der Waals surface area contributed by atoms with E-state index in [9.17, 15) is 14.3 Å². The molecule has 0 aliphatic carbocycles. The zero-order chi connectivity index (χ0) is 13.8.